The Hall–Kier alpha value is -1.35. The third-order valence-corrected chi connectivity index (χ3v) is 4.94. The monoisotopic (exact) mass is 272 g/mol. The van der Waals surface area contributed by atoms with E-state index in [0.29, 0.717) is 17.9 Å². The molecular formula is C17H24N2O. The van der Waals surface area contributed by atoms with Crippen LogP contribution in [0.1, 0.15) is 42.1 Å². The largest absolute Gasteiger partial charge is 0.338 e. The zero-order chi connectivity index (χ0) is 14.1. The highest BCUT2D eigenvalue weighted by Crippen LogP contribution is 2.37. The van der Waals surface area contributed by atoms with Crippen LogP contribution in [0.25, 0.3) is 0 Å². The molecule has 1 aromatic carbocycles. The SMILES string of the molecule is CCCc1ccc(C(=O)N2CC3CCC(N)C3C2)cc1. The van der Waals surface area contributed by atoms with Gasteiger partial charge >= 0.3 is 0 Å². The number of carbonyl (C=O) groups excluding carboxylic acids is 1. The van der Waals surface area contributed by atoms with Crippen molar-refractivity contribution in [2.75, 3.05) is 13.1 Å². The molecule has 0 radical (unpaired) electrons. The molecule has 1 aromatic rings. The van der Waals surface area contributed by atoms with Gasteiger partial charge in [0, 0.05) is 24.7 Å². The van der Waals surface area contributed by atoms with Gasteiger partial charge < -0.3 is 10.6 Å². The third-order valence-electron chi connectivity index (χ3n) is 4.94. The molecule has 3 atom stereocenters. The van der Waals surface area contributed by atoms with Gasteiger partial charge in [0.2, 0.25) is 0 Å². The normalized spacial score (nSPS) is 28.7. The molecule has 1 heterocycles. The molecule has 3 nitrogen and oxygen atoms in total. The molecule has 0 spiro atoms. The minimum absolute atomic E-state index is 0.176. The summed E-state index contributed by atoms with van der Waals surface area (Å²) in [6.07, 6.45) is 4.53. The minimum Gasteiger partial charge on any atom is -0.338 e. The fourth-order valence-corrected chi connectivity index (χ4v) is 3.76. The second-order valence-electron chi connectivity index (χ2n) is 6.32. The Morgan fingerprint density at radius 2 is 2.00 bits per heavy atom. The van der Waals surface area contributed by atoms with E-state index in [1.54, 1.807) is 0 Å². The van der Waals surface area contributed by atoms with E-state index < -0.39 is 0 Å². The predicted octanol–water partition coefficient (Wildman–Crippen LogP) is 2.45. The van der Waals surface area contributed by atoms with Gasteiger partial charge in [-0.25, -0.2) is 0 Å². The van der Waals surface area contributed by atoms with Crippen molar-refractivity contribution in [3.8, 4) is 0 Å². The number of aryl methyl sites for hydroxylation is 1. The quantitative estimate of drug-likeness (QED) is 0.918. The highest BCUT2D eigenvalue weighted by molar-refractivity contribution is 5.94. The van der Waals surface area contributed by atoms with Gasteiger partial charge in [-0.05, 0) is 48.8 Å². The van der Waals surface area contributed by atoms with E-state index in [2.05, 4.69) is 19.1 Å². The number of carbonyl (C=O) groups is 1. The van der Waals surface area contributed by atoms with Crippen LogP contribution in [0.15, 0.2) is 24.3 Å². The van der Waals surface area contributed by atoms with Crippen molar-refractivity contribution in [1.82, 2.24) is 4.90 Å². The summed E-state index contributed by atoms with van der Waals surface area (Å²) < 4.78 is 0. The molecule has 2 N–H and O–H groups in total. The van der Waals surface area contributed by atoms with Crippen LogP contribution in [-0.2, 0) is 6.42 Å². The Morgan fingerprint density at radius 1 is 1.25 bits per heavy atom. The standard InChI is InChI=1S/C17H24N2O/c1-2-3-12-4-6-13(7-5-12)17(20)19-10-14-8-9-16(18)15(14)11-19/h4-7,14-16H,2-3,8-11,18H2,1H3. The Kier molecular flexibility index (Phi) is 3.79. The molecule has 1 amide bonds. The summed E-state index contributed by atoms with van der Waals surface area (Å²) in [6.45, 7) is 3.92. The first kappa shape index (κ1) is 13.6. The van der Waals surface area contributed by atoms with E-state index in [-0.39, 0.29) is 5.91 Å². The summed E-state index contributed by atoms with van der Waals surface area (Å²) in [5.41, 5.74) is 8.26. The smallest absolute Gasteiger partial charge is 0.253 e. The maximum absolute atomic E-state index is 12.5. The topological polar surface area (TPSA) is 46.3 Å². The highest BCUT2D eigenvalue weighted by Gasteiger charge is 2.42. The lowest BCUT2D eigenvalue weighted by molar-refractivity contribution is 0.0779. The van der Waals surface area contributed by atoms with Gasteiger partial charge in [-0.3, -0.25) is 4.79 Å². The molecule has 2 fully saturated rings. The van der Waals surface area contributed by atoms with E-state index >= 15 is 0 Å². The highest BCUT2D eigenvalue weighted by atomic mass is 16.2. The van der Waals surface area contributed by atoms with E-state index in [9.17, 15) is 4.79 Å². The summed E-state index contributed by atoms with van der Waals surface area (Å²) in [6, 6.07) is 8.41. The van der Waals surface area contributed by atoms with Crippen molar-refractivity contribution in [3.05, 3.63) is 35.4 Å². The Bertz CT molecular complexity index is 482. The second-order valence-corrected chi connectivity index (χ2v) is 6.32. The lowest BCUT2D eigenvalue weighted by Gasteiger charge is -2.19. The first-order valence-electron chi connectivity index (χ1n) is 7.83. The number of rotatable bonds is 3. The first-order chi connectivity index (χ1) is 9.69. The summed E-state index contributed by atoms with van der Waals surface area (Å²) in [7, 11) is 0. The lowest BCUT2D eigenvalue weighted by atomic mass is 9.98. The van der Waals surface area contributed by atoms with Crippen LogP contribution >= 0.6 is 0 Å². The van der Waals surface area contributed by atoms with E-state index in [1.165, 1.54) is 12.0 Å². The molecule has 3 unspecified atom stereocenters. The molecule has 2 aliphatic rings. The van der Waals surface area contributed by atoms with Crippen molar-refractivity contribution in [3.63, 3.8) is 0 Å². The third kappa shape index (κ3) is 2.47. The number of benzene rings is 1. The Balaban J connectivity index is 1.67. The number of nitrogens with zero attached hydrogens (tertiary/aromatic N) is 1. The van der Waals surface area contributed by atoms with Crippen LogP contribution in [0.5, 0.6) is 0 Å². The van der Waals surface area contributed by atoms with Gasteiger partial charge in [-0.2, -0.15) is 0 Å². The summed E-state index contributed by atoms with van der Waals surface area (Å²) >= 11 is 0. The maximum atomic E-state index is 12.5. The molecule has 1 saturated heterocycles. The number of nitrogens with two attached hydrogens (primary N) is 1. The molecule has 0 aromatic heterocycles. The molecule has 3 rings (SSSR count). The predicted molar refractivity (Wildman–Crippen MR) is 80.5 cm³/mol. The van der Waals surface area contributed by atoms with E-state index in [4.69, 9.17) is 5.73 Å². The van der Waals surface area contributed by atoms with Crippen LogP contribution in [-0.4, -0.2) is 29.9 Å². The molecule has 0 bridgehead atoms. The molecule has 1 aliphatic carbocycles. The van der Waals surface area contributed by atoms with Crippen molar-refractivity contribution >= 4 is 5.91 Å². The molecular weight excluding hydrogens is 248 g/mol. The van der Waals surface area contributed by atoms with Gasteiger partial charge in [0.15, 0.2) is 0 Å². The van der Waals surface area contributed by atoms with E-state index in [0.717, 1.165) is 37.9 Å². The number of likely N-dealkylation sites (tertiary alicyclic amines) is 1. The zero-order valence-electron chi connectivity index (χ0n) is 12.2. The maximum Gasteiger partial charge on any atom is 0.253 e. The van der Waals surface area contributed by atoms with Crippen LogP contribution in [0, 0.1) is 11.8 Å². The lowest BCUT2D eigenvalue weighted by Crippen LogP contribution is -2.33. The fraction of sp³-hybridized carbons (Fsp3) is 0.588. The van der Waals surface area contributed by atoms with Crippen LogP contribution in [0.3, 0.4) is 0 Å². The van der Waals surface area contributed by atoms with Gasteiger partial charge in [0.05, 0.1) is 0 Å². The molecule has 1 saturated carbocycles. The zero-order valence-corrected chi connectivity index (χ0v) is 12.2. The van der Waals surface area contributed by atoms with Gasteiger partial charge in [0.25, 0.3) is 5.91 Å². The first-order valence-corrected chi connectivity index (χ1v) is 7.83. The fourth-order valence-electron chi connectivity index (χ4n) is 3.76. The number of hydrogen-bond acceptors (Lipinski definition) is 2. The van der Waals surface area contributed by atoms with Crippen LogP contribution in [0.4, 0.5) is 0 Å². The van der Waals surface area contributed by atoms with Gasteiger partial charge in [-0.15, -0.1) is 0 Å². The van der Waals surface area contributed by atoms with Gasteiger partial charge in [0.1, 0.15) is 0 Å². The molecule has 108 valence electrons. The number of hydrogen-bond donors (Lipinski definition) is 1. The minimum atomic E-state index is 0.176. The van der Waals surface area contributed by atoms with Crippen LogP contribution < -0.4 is 5.73 Å². The summed E-state index contributed by atoms with van der Waals surface area (Å²) in [5.74, 6) is 1.33. The molecule has 1 aliphatic heterocycles. The van der Waals surface area contributed by atoms with Crippen molar-refractivity contribution in [2.24, 2.45) is 17.6 Å². The van der Waals surface area contributed by atoms with Crippen molar-refractivity contribution in [2.45, 2.75) is 38.6 Å². The Morgan fingerprint density at radius 3 is 2.65 bits per heavy atom. The summed E-state index contributed by atoms with van der Waals surface area (Å²) in [5, 5.41) is 0. The average molecular weight is 272 g/mol. The average Bonchev–Trinajstić information content (AvgIpc) is 3.02. The van der Waals surface area contributed by atoms with Crippen molar-refractivity contribution in [1.29, 1.82) is 0 Å². The van der Waals surface area contributed by atoms with Crippen LogP contribution in [0.2, 0.25) is 0 Å². The Labute approximate surface area is 121 Å². The van der Waals surface area contributed by atoms with Crippen molar-refractivity contribution < 1.29 is 4.79 Å². The second kappa shape index (κ2) is 5.57. The number of fused-ring (bicyclic) bond motifs is 1. The summed E-state index contributed by atoms with van der Waals surface area (Å²) in [4.78, 5) is 14.5. The molecule has 3 heteroatoms. The molecule has 20 heavy (non-hydrogen) atoms. The van der Waals surface area contributed by atoms with Gasteiger partial charge in [-0.1, -0.05) is 25.5 Å². The van der Waals surface area contributed by atoms with E-state index in [1.807, 2.05) is 17.0 Å². The number of amides is 1.